The van der Waals surface area contributed by atoms with E-state index < -0.39 is 0 Å². The van der Waals surface area contributed by atoms with Gasteiger partial charge in [-0.2, -0.15) is 5.10 Å². The molecule has 2 amide bonds. The van der Waals surface area contributed by atoms with Crippen LogP contribution in [0.3, 0.4) is 0 Å². The van der Waals surface area contributed by atoms with Gasteiger partial charge in [-0.25, -0.2) is 0 Å². The topological polar surface area (TPSA) is 76.9 Å². The van der Waals surface area contributed by atoms with Crippen LogP contribution in [0.2, 0.25) is 0 Å². The van der Waals surface area contributed by atoms with E-state index in [0.29, 0.717) is 24.5 Å². The van der Waals surface area contributed by atoms with Crippen LogP contribution in [0.1, 0.15) is 55.3 Å². The summed E-state index contributed by atoms with van der Waals surface area (Å²) < 4.78 is 14.1. The second kappa shape index (κ2) is 10.8. The lowest BCUT2D eigenvalue weighted by molar-refractivity contribution is -0.135. The third-order valence-electron chi connectivity index (χ3n) is 7.88. The minimum Gasteiger partial charge on any atom is -0.492 e. The van der Waals surface area contributed by atoms with E-state index in [1.165, 1.54) is 0 Å². The molecule has 0 aliphatic carbocycles. The zero-order valence-corrected chi connectivity index (χ0v) is 20.4. The first-order chi connectivity index (χ1) is 17.1. The average molecular weight is 481 g/mol. The summed E-state index contributed by atoms with van der Waals surface area (Å²) in [6, 6.07) is 9.61. The van der Waals surface area contributed by atoms with Gasteiger partial charge in [-0.1, -0.05) is 18.6 Å². The molecular formula is C27H36N4O4. The second-order valence-electron chi connectivity index (χ2n) is 10.2. The Bertz CT molecular complexity index is 1000. The normalized spacial score (nSPS) is 23.3. The number of amides is 2. The largest absolute Gasteiger partial charge is 0.492 e. The highest BCUT2D eigenvalue weighted by atomic mass is 16.5. The Kier molecular flexibility index (Phi) is 7.37. The van der Waals surface area contributed by atoms with Crippen molar-refractivity contribution < 1.29 is 19.1 Å². The molecule has 1 spiro atoms. The summed E-state index contributed by atoms with van der Waals surface area (Å²) in [7, 11) is 0. The Balaban J connectivity index is 1.29. The number of fused-ring (bicyclic) bond motifs is 2. The number of carbonyl (C=O) groups excluding carboxylic acids is 2. The second-order valence-corrected chi connectivity index (χ2v) is 10.2. The van der Waals surface area contributed by atoms with Crippen molar-refractivity contribution in [1.29, 1.82) is 0 Å². The predicted molar refractivity (Wildman–Crippen MR) is 131 cm³/mol. The number of hydrogen-bond donors (Lipinski definition) is 0. The number of piperidine rings is 1. The van der Waals surface area contributed by atoms with Gasteiger partial charge in [0, 0.05) is 44.0 Å². The first-order valence-corrected chi connectivity index (χ1v) is 13.0. The summed E-state index contributed by atoms with van der Waals surface area (Å²) in [6.45, 7) is 4.37. The predicted octanol–water partition coefficient (Wildman–Crippen LogP) is 3.38. The summed E-state index contributed by atoms with van der Waals surface area (Å²) in [5, 5.41) is 4.16. The third kappa shape index (κ3) is 5.53. The van der Waals surface area contributed by atoms with Crippen molar-refractivity contribution in [1.82, 2.24) is 19.6 Å². The van der Waals surface area contributed by atoms with E-state index in [9.17, 15) is 9.59 Å². The molecule has 1 atom stereocenters. The van der Waals surface area contributed by atoms with E-state index >= 15 is 0 Å². The van der Waals surface area contributed by atoms with Crippen LogP contribution in [0, 0.1) is 5.41 Å². The molecule has 8 nitrogen and oxygen atoms in total. The number of nitrogens with zero attached hydrogens (tertiary/aromatic N) is 4. The molecule has 4 heterocycles. The number of ether oxygens (including phenoxy) is 2. The van der Waals surface area contributed by atoms with Crippen molar-refractivity contribution in [3.8, 4) is 5.75 Å². The molecule has 1 aromatic carbocycles. The highest BCUT2D eigenvalue weighted by molar-refractivity contribution is 5.97. The number of rotatable bonds is 2. The lowest BCUT2D eigenvalue weighted by Gasteiger charge is -2.42. The van der Waals surface area contributed by atoms with Crippen LogP contribution >= 0.6 is 0 Å². The van der Waals surface area contributed by atoms with Crippen LogP contribution in [0.15, 0.2) is 42.7 Å². The first kappa shape index (κ1) is 23.9. The summed E-state index contributed by atoms with van der Waals surface area (Å²) in [5.41, 5.74) is 0.623. The fourth-order valence-corrected chi connectivity index (χ4v) is 5.68. The summed E-state index contributed by atoms with van der Waals surface area (Å²) in [5.74, 6) is 0.810. The zero-order chi connectivity index (χ0) is 24.1. The highest BCUT2D eigenvalue weighted by Crippen LogP contribution is 2.38. The van der Waals surface area contributed by atoms with Gasteiger partial charge in [0.05, 0.1) is 24.8 Å². The summed E-state index contributed by atoms with van der Waals surface area (Å²) >= 11 is 0. The van der Waals surface area contributed by atoms with Gasteiger partial charge in [-0.05, 0) is 56.7 Å². The molecule has 1 aromatic heterocycles. The number of para-hydroxylation sites is 1. The quantitative estimate of drug-likeness (QED) is 0.659. The maximum Gasteiger partial charge on any atom is 0.257 e. The smallest absolute Gasteiger partial charge is 0.257 e. The molecule has 0 radical (unpaired) electrons. The molecule has 2 saturated heterocycles. The third-order valence-corrected chi connectivity index (χ3v) is 7.88. The summed E-state index contributed by atoms with van der Waals surface area (Å²) in [4.78, 5) is 30.1. The van der Waals surface area contributed by atoms with E-state index in [2.05, 4.69) is 5.10 Å². The minimum atomic E-state index is -0.0149. The van der Waals surface area contributed by atoms with Gasteiger partial charge >= 0.3 is 0 Å². The van der Waals surface area contributed by atoms with Gasteiger partial charge in [-0.15, -0.1) is 0 Å². The molecule has 5 rings (SSSR count). The molecule has 0 unspecified atom stereocenters. The molecular weight excluding hydrogens is 444 g/mol. The van der Waals surface area contributed by atoms with E-state index in [1.54, 1.807) is 10.9 Å². The molecule has 0 N–H and O–H groups in total. The van der Waals surface area contributed by atoms with Crippen LogP contribution in [0.4, 0.5) is 0 Å². The molecule has 3 aliphatic heterocycles. The Hall–Kier alpha value is -2.87. The van der Waals surface area contributed by atoms with Crippen molar-refractivity contribution in [2.24, 2.45) is 5.41 Å². The van der Waals surface area contributed by atoms with E-state index in [-0.39, 0.29) is 29.8 Å². The fraction of sp³-hybridized carbons (Fsp3) is 0.593. The molecule has 8 heteroatoms. The molecule has 0 bridgehead atoms. The van der Waals surface area contributed by atoms with E-state index in [1.807, 2.05) is 46.3 Å². The Morgan fingerprint density at radius 3 is 2.74 bits per heavy atom. The van der Waals surface area contributed by atoms with Crippen LogP contribution < -0.4 is 4.74 Å². The molecule has 35 heavy (non-hydrogen) atoms. The van der Waals surface area contributed by atoms with Crippen LogP contribution in [-0.4, -0.2) is 76.9 Å². The molecule has 3 aliphatic rings. The minimum absolute atomic E-state index is 0.0149. The molecule has 2 fully saturated rings. The van der Waals surface area contributed by atoms with Gasteiger partial charge in [-0.3, -0.25) is 14.3 Å². The lowest BCUT2D eigenvalue weighted by atomic mass is 9.75. The van der Waals surface area contributed by atoms with Crippen molar-refractivity contribution in [2.75, 3.05) is 39.5 Å². The van der Waals surface area contributed by atoms with Gasteiger partial charge in [0.15, 0.2) is 0 Å². The summed E-state index contributed by atoms with van der Waals surface area (Å²) in [6.07, 6.45) is 10.4. The maximum atomic E-state index is 13.4. The van der Waals surface area contributed by atoms with Gasteiger partial charge < -0.3 is 19.3 Å². The van der Waals surface area contributed by atoms with Crippen LogP contribution in [0.25, 0.3) is 0 Å². The van der Waals surface area contributed by atoms with Crippen molar-refractivity contribution in [3.05, 3.63) is 48.3 Å². The molecule has 188 valence electrons. The monoisotopic (exact) mass is 480 g/mol. The number of carbonyl (C=O) groups is 2. The van der Waals surface area contributed by atoms with E-state index in [0.717, 1.165) is 71.2 Å². The van der Waals surface area contributed by atoms with Crippen LogP contribution in [-0.2, 0) is 16.1 Å². The Labute approximate surface area is 207 Å². The standard InChI is InChI=1S/C27H36N4O4/c32-25(19-30-14-6-13-28-30)29-16-11-27(12-17-29)10-3-4-18-34-20-22-7-5-15-31(22)26(33)23-8-1-2-9-24(23)35-21-27/h1-2,6,8-9,13-14,22H,3-5,7,10-12,15-21H2/t22-/m0/s1. The lowest BCUT2D eigenvalue weighted by Crippen LogP contribution is -2.46. The zero-order valence-electron chi connectivity index (χ0n) is 20.4. The number of benzene rings is 1. The Morgan fingerprint density at radius 1 is 1.06 bits per heavy atom. The highest BCUT2D eigenvalue weighted by Gasteiger charge is 2.37. The van der Waals surface area contributed by atoms with Crippen molar-refractivity contribution in [2.45, 2.75) is 57.5 Å². The van der Waals surface area contributed by atoms with Gasteiger partial charge in [0.2, 0.25) is 5.91 Å². The molecule has 2 aromatic rings. The van der Waals surface area contributed by atoms with Gasteiger partial charge in [0.1, 0.15) is 12.3 Å². The van der Waals surface area contributed by atoms with Gasteiger partial charge in [0.25, 0.3) is 5.91 Å². The van der Waals surface area contributed by atoms with Crippen LogP contribution in [0.5, 0.6) is 5.75 Å². The number of aromatic nitrogens is 2. The van der Waals surface area contributed by atoms with E-state index in [4.69, 9.17) is 9.47 Å². The SMILES string of the molecule is O=C(Cn1cccn1)N1CCC2(CCCCOC[C@@H]3CCCN3C(=O)c3ccccc3OC2)CC1. The fourth-order valence-electron chi connectivity index (χ4n) is 5.68. The average Bonchev–Trinajstić information content (AvgIpc) is 3.57. The van der Waals surface area contributed by atoms with Crippen molar-refractivity contribution >= 4 is 11.8 Å². The first-order valence-electron chi connectivity index (χ1n) is 13.0. The number of hydrogen-bond acceptors (Lipinski definition) is 5. The Morgan fingerprint density at radius 2 is 1.91 bits per heavy atom. The number of likely N-dealkylation sites (tertiary alicyclic amines) is 1. The maximum absolute atomic E-state index is 13.4. The van der Waals surface area contributed by atoms with Crippen molar-refractivity contribution in [3.63, 3.8) is 0 Å². The molecule has 0 saturated carbocycles.